The van der Waals surface area contributed by atoms with Crippen LogP contribution in [-0.2, 0) is 0 Å². The van der Waals surface area contributed by atoms with Crippen molar-refractivity contribution in [1.82, 2.24) is 0 Å². The number of hydrogen-bond acceptors (Lipinski definition) is 4. The minimum absolute atomic E-state index is 0.175. The number of benzene rings is 2. The summed E-state index contributed by atoms with van der Waals surface area (Å²) in [6.45, 7) is 2.19. The number of nitrogens with one attached hydrogen (secondary N) is 2. The lowest BCUT2D eigenvalue weighted by atomic mass is 10.1. The van der Waals surface area contributed by atoms with Crippen molar-refractivity contribution >= 4 is 40.2 Å². The van der Waals surface area contributed by atoms with Crippen molar-refractivity contribution in [3.63, 3.8) is 0 Å². The van der Waals surface area contributed by atoms with Crippen molar-refractivity contribution in [1.29, 1.82) is 0 Å². The molecular weight excluding hydrogens is 382 g/mol. The number of rotatable bonds is 5. The molecule has 1 aliphatic heterocycles. The number of thiophene rings is 1. The fraction of sp³-hybridized carbons (Fsp3) is 0.217. The topological polar surface area (TPSA) is 61.4 Å². The van der Waals surface area contributed by atoms with E-state index in [1.807, 2.05) is 23.6 Å². The first-order valence-electron chi connectivity index (χ1n) is 9.80. The third kappa shape index (κ3) is 4.84. The van der Waals surface area contributed by atoms with Crippen molar-refractivity contribution in [2.45, 2.75) is 19.3 Å². The summed E-state index contributed by atoms with van der Waals surface area (Å²) < 4.78 is 0. The Hall–Kier alpha value is -3.12. The highest BCUT2D eigenvalue weighted by Gasteiger charge is 2.12. The van der Waals surface area contributed by atoms with Gasteiger partial charge in [-0.2, -0.15) is 0 Å². The molecular formula is C23H23N3O2S. The number of piperidine rings is 1. The Labute approximate surface area is 174 Å². The number of anilines is 3. The molecule has 0 aliphatic carbocycles. The smallest absolute Gasteiger partial charge is 0.265 e. The Balaban J connectivity index is 1.40. The molecule has 1 aliphatic rings. The standard InChI is InChI=1S/C23H23N3O2S/c27-22(24-18-9-11-20(12-10-18)26-13-2-1-3-14-26)17-6-4-7-19(16-17)25-23(28)21-8-5-15-29-21/h4-12,15-16H,1-3,13-14H2,(H,24,27)(H,25,28). The Bertz CT molecular complexity index is 978. The molecule has 2 aromatic carbocycles. The van der Waals surface area contributed by atoms with Gasteiger partial charge in [-0.3, -0.25) is 9.59 Å². The third-order valence-corrected chi connectivity index (χ3v) is 5.84. The van der Waals surface area contributed by atoms with Gasteiger partial charge in [-0.25, -0.2) is 0 Å². The van der Waals surface area contributed by atoms with E-state index >= 15 is 0 Å². The Kier molecular flexibility index (Phi) is 5.91. The summed E-state index contributed by atoms with van der Waals surface area (Å²) in [5.41, 5.74) is 3.04. The number of carbonyl (C=O) groups is 2. The minimum atomic E-state index is -0.206. The van der Waals surface area contributed by atoms with Gasteiger partial charge < -0.3 is 15.5 Å². The van der Waals surface area contributed by atoms with E-state index in [0.717, 1.165) is 18.8 Å². The van der Waals surface area contributed by atoms with Crippen LogP contribution in [-0.4, -0.2) is 24.9 Å². The molecule has 148 valence electrons. The fourth-order valence-electron chi connectivity index (χ4n) is 3.45. The summed E-state index contributed by atoms with van der Waals surface area (Å²) in [4.78, 5) is 27.9. The zero-order chi connectivity index (χ0) is 20.1. The molecule has 1 saturated heterocycles. The first kappa shape index (κ1) is 19.2. The van der Waals surface area contributed by atoms with Crippen LogP contribution >= 0.6 is 11.3 Å². The van der Waals surface area contributed by atoms with Crippen LogP contribution in [0.5, 0.6) is 0 Å². The minimum Gasteiger partial charge on any atom is -0.372 e. The monoisotopic (exact) mass is 405 g/mol. The molecule has 6 heteroatoms. The van der Waals surface area contributed by atoms with Crippen LogP contribution in [0.1, 0.15) is 39.3 Å². The lowest BCUT2D eigenvalue weighted by Crippen LogP contribution is -2.29. The second-order valence-electron chi connectivity index (χ2n) is 7.06. The van der Waals surface area contributed by atoms with Crippen LogP contribution in [0, 0.1) is 0 Å². The van der Waals surface area contributed by atoms with Crippen molar-refractivity contribution < 1.29 is 9.59 Å². The molecule has 4 rings (SSSR count). The van der Waals surface area contributed by atoms with Crippen LogP contribution in [0.4, 0.5) is 17.1 Å². The van der Waals surface area contributed by atoms with Crippen molar-refractivity contribution in [3.8, 4) is 0 Å². The van der Waals surface area contributed by atoms with Gasteiger partial charge in [-0.15, -0.1) is 11.3 Å². The lowest BCUT2D eigenvalue weighted by molar-refractivity contribution is 0.101. The van der Waals surface area contributed by atoms with Crippen LogP contribution in [0.3, 0.4) is 0 Å². The number of nitrogens with zero attached hydrogens (tertiary/aromatic N) is 1. The molecule has 1 fully saturated rings. The molecule has 5 nitrogen and oxygen atoms in total. The zero-order valence-corrected chi connectivity index (χ0v) is 16.9. The first-order valence-corrected chi connectivity index (χ1v) is 10.7. The maximum Gasteiger partial charge on any atom is 0.265 e. The molecule has 1 aromatic heterocycles. The molecule has 0 atom stereocenters. The first-order chi connectivity index (χ1) is 14.2. The normalized spacial score (nSPS) is 13.7. The van der Waals surface area contributed by atoms with Crippen molar-refractivity contribution in [2.24, 2.45) is 0 Å². The second kappa shape index (κ2) is 8.92. The van der Waals surface area contributed by atoms with Gasteiger partial charge in [0.05, 0.1) is 4.88 Å². The predicted octanol–water partition coefficient (Wildman–Crippen LogP) is 5.24. The maximum absolute atomic E-state index is 12.6. The molecule has 0 radical (unpaired) electrons. The van der Waals surface area contributed by atoms with E-state index in [9.17, 15) is 9.59 Å². The van der Waals surface area contributed by atoms with Crippen LogP contribution in [0.25, 0.3) is 0 Å². The predicted molar refractivity (Wildman–Crippen MR) is 119 cm³/mol. The summed E-state index contributed by atoms with van der Waals surface area (Å²) in [5.74, 6) is -0.381. The second-order valence-corrected chi connectivity index (χ2v) is 8.01. The molecule has 2 N–H and O–H groups in total. The average molecular weight is 406 g/mol. The molecule has 0 saturated carbocycles. The van der Waals surface area contributed by atoms with Gasteiger partial charge in [0.2, 0.25) is 0 Å². The summed E-state index contributed by atoms with van der Waals surface area (Å²) >= 11 is 1.38. The summed E-state index contributed by atoms with van der Waals surface area (Å²) in [7, 11) is 0. The SMILES string of the molecule is O=C(Nc1ccc(N2CCCCC2)cc1)c1cccc(NC(=O)c2cccs2)c1. The largest absolute Gasteiger partial charge is 0.372 e. The Morgan fingerprint density at radius 3 is 2.28 bits per heavy atom. The molecule has 0 unspecified atom stereocenters. The van der Waals surface area contributed by atoms with Gasteiger partial charge >= 0.3 is 0 Å². The van der Waals surface area contributed by atoms with Gasteiger partial charge in [0, 0.05) is 35.7 Å². The highest BCUT2D eigenvalue weighted by Crippen LogP contribution is 2.22. The van der Waals surface area contributed by atoms with E-state index in [1.165, 1.54) is 36.3 Å². The number of carbonyl (C=O) groups excluding carboxylic acids is 2. The van der Waals surface area contributed by atoms with Gasteiger partial charge in [0.1, 0.15) is 0 Å². The molecule has 0 spiro atoms. The van der Waals surface area contributed by atoms with Crippen LogP contribution in [0.15, 0.2) is 66.0 Å². The summed E-state index contributed by atoms with van der Waals surface area (Å²) in [6, 6.07) is 18.5. The van der Waals surface area contributed by atoms with E-state index < -0.39 is 0 Å². The highest BCUT2D eigenvalue weighted by molar-refractivity contribution is 7.12. The quantitative estimate of drug-likeness (QED) is 0.610. The molecule has 2 amide bonds. The van der Waals surface area contributed by atoms with E-state index in [2.05, 4.69) is 27.7 Å². The number of amides is 2. The van der Waals surface area contributed by atoms with Crippen molar-refractivity contribution in [3.05, 3.63) is 76.5 Å². The number of hydrogen-bond donors (Lipinski definition) is 2. The Morgan fingerprint density at radius 1 is 0.793 bits per heavy atom. The van der Waals surface area contributed by atoms with Gasteiger partial charge in [0.15, 0.2) is 0 Å². The van der Waals surface area contributed by atoms with Crippen molar-refractivity contribution in [2.75, 3.05) is 28.6 Å². The van der Waals surface area contributed by atoms with E-state index in [1.54, 1.807) is 30.3 Å². The third-order valence-electron chi connectivity index (χ3n) is 4.97. The lowest BCUT2D eigenvalue weighted by Gasteiger charge is -2.28. The molecule has 2 heterocycles. The highest BCUT2D eigenvalue weighted by atomic mass is 32.1. The summed E-state index contributed by atoms with van der Waals surface area (Å²) in [6.07, 6.45) is 3.77. The van der Waals surface area contributed by atoms with E-state index in [0.29, 0.717) is 16.1 Å². The van der Waals surface area contributed by atoms with Crippen LogP contribution in [0.2, 0.25) is 0 Å². The van der Waals surface area contributed by atoms with Gasteiger partial charge in [-0.05, 0) is 73.2 Å². The van der Waals surface area contributed by atoms with Gasteiger partial charge in [-0.1, -0.05) is 12.1 Å². The fourth-order valence-corrected chi connectivity index (χ4v) is 4.07. The van der Waals surface area contributed by atoms with Crippen LogP contribution < -0.4 is 15.5 Å². The average Bonchev–Trinajstić information content (AvgIpc) is 3.30. The van der Waals surface area contributed by atoms with E-state index in [-0.39, 0.29) is 11.8 Å². The molecule has 0 bridgehead atoms. The summed E-state index contributed by atoms with van der Waals surface area (Å²) in [5, 5.41) is 7.62. The van der Waals surface area contributed by atoms with Gasteiger partial charge in [0.25, 0.3) is 11.8 Å². The van der Waals surface area contributed by atoms with E-state index in [4.69, 9.17) is 0 Å². The zero-order valence-electron chi connectivity index (χ0n) is 16.1. The molecule has 29 heavy (non-hydrogen) atoms. The Morgan fingerprint density at radius 2 is 1.55 bits per heavy atom. The molecule has 3 aromatic rings. The maximum atomic E-state index is 12.6.